The average molecular weight is 507 g/mol. The van der Waals surface area contributed by atoms with Crippen molar-refractivity contribution in [2.75, 3.05) is 18.0 Å². The lowest BCUT2D eigenvalue weighted by Crippen LogP contribution is -2.55. The number of aryl methyl sites for hydroxylation is 1. The van der Waals surface area contributed by atoms with Crippen LogP contribution in [-0.2, 0) is 4.79 Å². The van der Waals surface area contributed by atoms with Crippen LogP contribution in [0.15, 0.2) is 60.7 Å². The molecule has 5 nitrogen and oxygen atoms in total. The van der Waals surface area contributed by atoms with Crippen LogP contribution in [-0.4, -0.2) is 35.7 Å². The number of rotatable bonds is 6. The van der Waals surface area contributed by atoms with Gasteiger partial charge in [-0.3, -0.25) is 19.3 Å². The van der Waals surface area contributed by atoms with Crippen molar-refractivity contribution in [3.63, 3.8) is 0 Å². The van der Waals surface area contributed by atoms with E-state index >= 15 is 0 Å². The fraction of sp³-hybridized carbons (Fsp3) is 0.424. The number of anilines is 1. The topological polar surface area (TPSA) is 57.7 Å². The van der Waals surface area contributed by atoms with Crippen LogP contribution in [0.5, 0.6) is 0 Å². The van der Waals surface area contributed by atoms with Crippen molar-refractivity contribution in [1.29, 1.82) is 0 Å². The first kappa shape index (κ1) is 23.6. The van der Waals surface area contributed by atoms with Gasteiger partial charge < -0.3 is 4.90 Å². The number of amides is 3. The SMILES string of the molecule is Cc1ccc(N(CCCN2C(=O)c3cccc4cccc(c34)C2=O)C(=O)C23CC4CC(CC(C4)C2)C3)cc1. The van der Waals surface area contributed by atoms with Gasteiger partial charge in [-0.1, -0.05) is 42.0 Å². The van der Waals surface area contributed by atoms with E-state index in [2.05, 4.69) is 19.1 Å². The Kier molecular flexibility index (Phi) is 5.47. The molecule has 1 aliphatic heterocycles. The van der Waals surface area contributed by atoms with Crippen LogP contribution in [0.2, 0.25) is 0 Å². The standard InChI is InChI=1S/C33H34N2O3/c1-21-9-11-26(12-10-21)34(32(38)33-18-22-15-23(19-33)17-24(16-22)20-33)13-4-14-35-30(36)27-7-2-5-25-6-3-8-28(29(25)27)31(35)37/h2-3,5-12,22-24H,4,13-20H2,1H3. The van der Waals surface area contributed by atoms with E-state index in [1.54, 1.807) is 0 Å². The number of hydrogen-bond acceptors (Lipinski definition) is 3. The normalized spacial score (nSPS) is 27.3. The summed E-state index contributed by atoms with van der Waals surface area (Å²) in [4.78, 5) is 44.5. The highest BCUT2D eigenvalue weighted by atomic mass is 16.2. The van der Waals surface area contributed by atoms with Crippen LogP contribution in [0.4, 0.5) is 5.69 Å². The average Bonchev–Trinajstić information content (AvgIpc) is 2.91. The van der Waals surface area contributed by atoms with Gasteiger partial charge in [0.25, 0.3) is 11.8 Å². The monoisotopic (exact) mass is 506 g/mol. The molecule has 0 saturated heterocycles. The van der Waals surface area contributed by atoms with Gasteiger partial charge in [-0.2, -0.15) is 0 Å². The van der Waals surface area contributed by atoms with Gasteiger partial charge in [0.15, 0.2) is 0 Å². The molecule has 0 atom stereocenters. The Morgan fingerprint density at radius 2 is 1.39 bits per heavy atom. The van der Waals surface area contributed by atoms with Gasteiger partial charge in [0.1, 0.15) is 0 Å². The molecule has 0 spiro atoms. The third-order valence-corrected chi connectivity index (χ3v) is 9.70. The first-order valence-electron chi connectivity index (χ1n) is 14.2. The van der Waals surface area contributed by atoms with E-state index in [0.717, 1.165) is 41.3 Å². The molecule has 4 bridgehead atoms. The number of carbonyl (C=O) groups is 3. The first-order chi connectivity index (χ1) is 18.4. The molecule has 4 fully saturated rings. The minimum absolute atomic E-state index is 0.242. The summed E-state index contributed by atoms with van der Waals surface area (Å²) < 4.78 is 0. The smallest absolute Gasteiger partial charge is 0.261 e. The quantitative estimate of drug-likeness (QED) is 0.364. The second-order valence-corrected chi connectivity index (χ2v) is 12.3. The summed E-state index contributed by atoms with van der Waals surface area (Å²) in [6.45, 7) is 2.84. The zero-order valence-electron chi connectivity index (χ0n) is 22.0. The molecular weight excluding hydrogens is 472 g/mol. The molecule has 3 amide bonds. The molecule has 38 heavy (non-hydrogen) atoms. The van der Waals surface area contributed by atoms with E-state index < -0.39 is 0 Å². The Morgan fingerprint density at radius 3 is 1.95 bits per heavy atom. The second kappa shape index (κ2) is 8.79. The highest BCUT2D eigenvalue weighted by Gasteiger charge is 2.55. The highest BCUT2D eigenvalue weighted by Crippen LogP contribution is 2.60. The van der Waals surface area contributed by atoms with Gasteiger partial charge in [0.05, 0.1) is 5.41 Å². The fourth-order valence-corrected chi connectivity index (χ4v) is 8.40. The molecule has 3 aromatic carbocycles. The molecule has 3 aromatic rings. The largest absolute Gasteiger partial charge is 0.312 e. The number of hydrogen-bond donors (Lipinski definition) is 0. The molecule has 0 radical (unpaired) electrons. The van der Waals surface area contributed by atoms with Gasteiger partial charge in [-0.05, 0) is 99.3 Å². The molecule has 0 aromatic heterocycles. The van der Waals surface area contributed by atoms with E-state index in [1.165, 1.54) is 24.2 Å². The second-order valence-electron chi connectivity index (χ2n) is 12.3. The molecule has 5 heteroatoms. The number of carbonyl (C=O) groups excluding carboxylic acids is 3. The predicted octanol–water partition coefficient (Wildman–Crippen LogP) is 6.38. The maximum absolute atomic E-state index is 14.4. The van der Waals surface area contributed by atoms with Crippen molar-refractivity contribution in [3.05, 3.63) is 77.4 Å². The van der Waals surface area contributed by atoms with Gasteiger partial charge in [0.2, 0.25) is 5.91 Å². The fourth-order valence-electron chi connectivity index (χ4n) is 8.40. The van der Waals surface area contributed by atoms with Crippen molar-refractivity contribution in [2.45, 2.75) is 51.9 Å². The summed E-state index contributed by atoms with van der Waals surface area (Å²) in [6, 6.07) is 19.4. The summed E-state index contributed by atoms with van der Waals surface area (Å²) in [5, 5.41) is 1.66. The summed E-state index contributed by atoms with van der Waals surface area (Å²) in [7, 11) is 0. The Labute approximate surface area is 223 Å². The number of nitrogens with zero attached hydrogens (tertiary/aromatic N) is 2. The van der Waals surface area contributed by atoms with Gasteiger partial charge in [-0.15, -0.1) is 0 Å². The van der Waals surface area contributed by atoms with Crippen molar-refractivity contribution in [2.24, 2.45) is 23.2 Å². The minimum Gasteiger partial charge on any atom is -0.312 e. The molecular formula is C33H34N2O3. The van der Waals surface area contributed by atoms with Crippen molar-refractivity contribution < 1.29 is 14.4 Å². The van der Waals surface area contributed by atoms with E-state index in [1.807, 2.05) is 53.4 Å². The van der Waals surface area contributed by atoms with Crippen LogP contribution in [0.25, 0.3) is 10.8 Å². The summed E-state index contributed by atoms with van der Waals surface area (Å²) in [5.74, 6) is 1.85. The maximum Gasteiger partial charge on any atom is 0.261 e. The molecule has 4 aliphatic carbocycles. The molecule has 0 unspecified atom stereocenters. The number of benzene rings is 3. The Hall–Kier alpha value is -3.47. The van der Waals surface area contributed by atoms with E-state index in [0.29, 0.717) is 48.4 Å². The summed E-state index contributed by atoms with van der Waals surface area (Å²) in [5.41, 5.74) is 3.00. The Bertz CT molecular complexity index is 1370. The van der Waals surface area contributed by atoms with Crippen molar-refractivity contribution in [1.82, 2.24) is 4.90 Å². The van der Waals surface area contributed by atoms with Gasteiger partial charge in [-0.25, -0.2) is 0 Å². The van der Waals surface area contributed by atoms with E-state index in [-0.39, 0.29) is 23.1 Å². The maximum atomic E-state index is 14.4. The molecule has 0 N–H and O–H groups in total. The minimum atomic E-state index is -0.245. The molecule has 194 valence electrons. The van der Waals surface area contributed by atoms with Crippen LogP contribution in [0.1, 0.15) is 71.2 Å². The zero-order chi connectivity index (χ0) is 26.0. The lowest BCUT2D eigenvalue weighted by molar-refractivity contribution is -0.143. The van der Waals surface area contributed by atoms with Crippen molar-refractivity contribution in [3.8, 4) is 0 Å². The predicted molar refractivity (Wildman–Crippen MR) is 148 cm³/mol. The lowest BCUT2D eigenvalue weighted by atomic mass is 9.49. The van der Waals surface area contributed by atoms with Crippen LogP contribution < -0.4 is 4.90 Å². The summed E-state index contributed by atoms with van der Waals surface area (Å²) >= 11 is 0. The van der Waals surface area contributed by atoms with Crippen LogP contribution >= 0.6 is 0 Å². The summed E-state index contributed by atoms with van der Waals surface area (Å²) in [6.07, 6.45) is 7.49. The molecule has 1 heterocycles. The molecule has 5 aliphatic rings. The lowest BCUT2D eigenvalue weighted by Gasteiger charge is -2.56. The van der Waals surface area contributed by atoms with Gasteiger partial charge >= 0.3 is 0 Å². The van der Waals surface area contributed by atoms with Crippen LogP contribution in [0, 0.1) is 30.1 Å². The Morgan fingerprint density at radius 1 is 0.842 bits per heavy atom. The first-order valence-corrected chi connectivity index (χ1v) is 14.2. The molecule has 4 saturated carbocycles. The van der Waals surface area contributed by atoms with Crippen LogP contribution in [0.3, 0.4) is 0 Å². The van der Waals surface area contributed by atoms with E-state index in [4.69, 9.17) is 0 Å². The number of imide groups is 1. The zero-order valence-corrected chi connectivity index (χ0v) is 22.0. The van der Waals surface area contributed by atoms with E-state index in [9.17, 15) is 14.4 Å². The van der Waals surface area contributed by atoms with Crippen molar-refractivity contribution >= 4 is 34.2 Å². The third kappa shape index (κ3) is 3.70. The highest BCUT2D eigenvalue weighted by molar-refractivity contribution is 6.25. The Balaban J connectivity index is 1.14. The van der Waals surface area contributed by atoms with Gasteiger partial charge in [0, 0.05) is 35.3 Å². The third-order valence-electron chi connectivity index (χ3n) is 9.70. The molecule has 8 rings (SSSR count).